The number of cyclic esters (lactones) is 2. The molecule has 0 spiro atoms. The summed E-state index contributed by atoms with van der Waals surface area (Å²) >= 11 is 18.2. The summed E-state index contributed by atoms with van der Waals surface area (Å²) in [6.45, 7) is 5.70. The van der Waals surface area contributed by atoms with Crippen LogP contribution in [0.4, 0.5) is 20.5 Å². The first kappa shape index (κ1) is 73.3. The third-order valence-corrected chi connectivity index (χ3v) is 15.9. The van der Waals surface area contributed by atoms with Gasteiger partial charge in [0.25, 0.3) is 23.6 Å². The molecule has 0 unspecified atom stereocenters. The average Bonchev–Trinajstić information content (AvgIpc) is 2.08. The Hall–Kier alpha value is -8.16. The van der Waals surface area contributed by atoms with Crippen molar-refractivity contribution in [3.8, 4) is 0 Å². The van der Waals surface area contributed by atoms with Gasteiger partial charge in [-0.25, -0.2) is 41.2 Å². The van der Waals surface area contributed by atoms with Crippen LogP contribution in [0.5, 0.6) is 0 Å². The van der Waals surface area contributed by atoms with Crippen molar-refractivity contribution in [3.05, 3.63) is 152 Å². The molecule has 3 aliphatic heterocycles. The number of hydrogen-bond acceptors (Lipinski definition) is 27. The number of thiocarbonyl (C=S) groups is 2. The number of fused-ring (bicyclic) bond motifs is 3. The van der Waals surface area contributed by atoms with Crippen molar-refractivity contribution in [1.29, 1.82) is 0 Å². The first-order valence-corrected chi connectivity index (χ1v) is 31.5. The van der Waals surface area contributed by atoms with Crippen molar-refractivity contribution in [2.24, 2.45) is 23.2 Å². The molecule has 0 saturated carbocycles. The summed E-state index contributed by atoms with van der Waals surface area (Å²) in [5.74, 6) is 7.59. The van der Waals surface area contributed by atoms with Gasteiger partial charge in [0.2, 0.25) is 5.13 Å². The van der Waals surface area contributed by atoms with Crippen LogP contribution in [0, 0.1) is 0 Å². The van der Waals surface area contributed by atoms with E-state index in [-0.39, 0.29) is 59.4 Å². The molecule has 0 bridgehead atoms. The number of ether oxygens (including phenoxy) is 3. The summed E-state index contributed by atoms with van der Waals surface area (Å²) in [6, 6.07) is 19.9. The zero-order chi connectivity index (χ0) is 65.9. The molecule has 27 nitrogen and oxygen atoms in total. The van der Waals surface area contributed by atoms with Crippen molar-refractivity contribution < 1.29 is 52.6 Å². The SMILES string of the molecule is CCOC(CBr)OCC.CN(C(N)=S)N1C(=O)c2ccccc2C1=O.CN(CC(=O)CC(=O)CN(C)c1nccs1)c1nccs1.CN(N)C(N)=S.CN(N)c1nccs1.CN(c1nccs1)N1C(=O)c2ccccc2C1=O.O=C1OC(=O)c2ccccc21. The number of hydrogen-bond donors (Lipinski definition) is 4. The minimum atomic E-state index is -0.550. The lowest BCUT2D eigenvalue weighted by atomic mass is 10.1. The highest BCUT2D eigenvalue weighted by atomic mass is 79.9. The Balaban J connectivity index is 0.000000230. The van der Waals surface area contributed by atoms with Crippen molar-refractivity contribution in [3.63, 3.8) is 0 Å². The van der Waals surface area contributed by atoms with Crippen molar-refractivity contribution in [2.75, 3.05) is 93.7 Å². The quantitative estimate of drug-likeness (QED) is 0.0116. The van der Waals surface area contributed by atoms with Gasteiger partial charge >= 0.3 is 11.9 Å². The Morgan fingerprint density at radius 3 is 1.16 bits per heavy atom. The monoisotopic (exact) mass is 1400 g/mol. The molecular weight excluding hydrogens is 1330 g/mol. The molecular formula is C55H65BrN16O11S6. The van der Waals surface area contributed by atoms with Crippen LogP contribution in [0.2, 0.25) is 0 Å². The van der Waals surface area contributed by atoms with E-state index in [0.717, 1.165) is 30.7 Å². The maximum absolute atomic E-state index is 12.2. The number of hydrazine groups is 4. The molecule has 0 fully saturated rings. The standard InChI is InChI=1S/C13H16N4O2S2.C12H9N3O2S.C10H9N3O2S.C8H4O3.C6H13BrO2.C4H7N3S.C2H7N3S/c1-16(12-14-3-5-20-12)8-10(18)7-11(19)9-17(2)13-15-4-6-21-13;1-14(12-13-6-7-18-12)15-10(16)8-4-2-3-5-9(8)11(15)17;1-12(10(11)16)13-8(14)6-4-2-3-5-7(6)9(13)15;9-7-5-3-1-2-4-6(5)8(10)11-7;1-3-8-6(5-7)9-4-2;1-7(5)4-6-2-3-8-4;1-5(4)2(3)6/h3-6H,7-9H2,1-2H3;2-7H,1H3;2-5H,1H3,(H2,11,16);1-4H;6H,3-5H2,1-2H3;2-3H,5H2,1H3;4H2,1H3,(H2,3,6). The third-order valence-electron chi connectivity index (χ3n) is 11.3. The van der Waals surface area contributed by atoms with E-state index in [1.54, 1.807) is 148 Å². The Morgan fingerprint density at radius 1 is 0.551 bits per heavy atom. The van der Waals surface area contributed by atoms with Crippen LogP contribution in [-0.4, -0.2) is 178 Å². The van der Waals surface area contributed by atoms with Crippen molar-refractivity contribution in [2.45, 2.75) is 26.6 Å². The number of ketones is 2. The van der Waals surface area contributed by atoms with Crippen LogP contribution in [0.15, 0.2) is 119 Å². The maximum atomic E-state index is 12.2. The Kier molecular flexibility index (Phi) is 30.5. The molecule has 3 aliphatic rings. The molecule has 4 aromatic heterocycles. The van der Waals surface area contributed by atoms with Crippen LogP contribution < -0.4 is 43.0 Å². The second kappa shape index (κ2) is 37.0. The third kappa shape index (κ3) is 21.8. The van der Waals surface area contributed by atoms with E-state index < -0.39 is 23.8 Å². The van der Waals surface area contributed by atoms with E-state index in [4.69, 9.17) is 44.8 Å². The second-order valence-electron chi connectivity index (χ2n) is 17.8. The predicted octanol–water partition coefficient (Wildman–Crippen LogP) is 6.13. The van der Waals surface area contributed by atoms with Crippen molar-refractivity contribution >= 4 is 164 Å². The number of carbonyl (C=O) groups excluding carboxylic acids is 8. The van der Waals surface area contributed by atoms with Gasteiger partial charge in [0.05, 0.1) is 58.2 Å². The molecule has 7 heterocycles. The first-order valence-electron chi connectivity index (χ1n) is 26.0. The number of anilines is 4. The number of nitrogens with zero attached hydrogens (tertiary/aromatic N) is 12. The Bertz CT molecular complexity index is 3310. The van der Waals surface area contributed by atoms with Crippen LogP contribution in [0.1, 0.15) is 82.4 Å². The van der Waals surface area contributed by atoms with Gasteiger partial charge < -0.3 is 35.5 Å². The predicted molar refractivity (Wildman–Crippen MR) is 355 cm³/mol. The zero-order valence-corrected chi connectivity index (χ0v) is 55.8. The van der Waals surface area contributed by atoms with Gasteiger partial charge in [-0.1, -0.05) is 52.3 Å². The lowest BCUT2D eigenvalue weighted by Crippen LogP contribution is -2.49. The van der Waals surface area contributed by atoms with Gasteiger partial charge in [-0.05, 0) is 74.7 Å². The Labute approximate surface area is 548 Å². The highest BCUT2D eigenvalue weighted by Crippen LogP contribution is 2.28. The molecule has 0 atom stereocenters. The molecule has 10 rings (SSSR count). The molecule has 8 N–H and O–H groups in total. The smallest absolute Gasteiger partial charge is 0.346 e. The minimum absolute atomic E-state index is 0.0329. The number of amides is 4. The van der Waals surface area contributed by atoms with E-state index in [1.807, 2.05) is 30.0 Å². The number of imide groups is 2. The lowest BCUT2D eigenvalue weighted by Gasteiger charge is -2.25. The number of Topliss-reactive ketones (excluding diaryl/α,β-unsaturated/α-hetero) is 2. The second-order valence-corrected chi connectivity index (χ2v) is 22.8. The van der Waals surface area contributed by atoms with Crippen LogP contribution in [0.25, 0.3) is 0 Å². The molecule has 0 saturated heterocycles. The summed E-state index contributed by atoms with van der Waals surface area (Å²) in [6.07, 6.45) is 6.60. The van der Waals surface area contributed by atoms with Crippen molar-refractivity contribution in [1.82, 2.24) is 40.0 Å². The summed E-state index contributed by atoms with van der Waals surface area (Å²) in [5.41, 5.74) is 12.7. The highest BCUT2D eigenvalue weighted by Gasteiger charge is 2.40. The largest absolute Gasteiger partial charge is 0.386 e. The summed E-state index contributed by atoms with van der Waals surface area (Å²) in [4.78, 5) is 113. The lowest BCUT2D eigenvalue weighted by molar-refractivity contribution is -0.125. The van der Waals surface area contributed by atoms with Gasteiger partial charge in [0.1, 0.15) is 0 Å². The van der Waals surface area contributed by atoms with E-state index in [9.17, 15) is 38.4 Å². The topological polar surface area (TPSA) is 346 Å². The van der Waals surface area contributed by atoms with E-state index in [1.165, 1.54) is 72.4 Å². The van der Waals surface area contributed by atoms with Crippen LogP contribution in [0.3, 0.4) is 0 Å². The highest BCUT2D eigenvalue weighted by molar-refractivity contribution is 9.09. The fourth-order valence-electron chi connectivity index (χ4n) is 7.20. The molecule has 0 aliphatic carbocycles. The average molecular weight is 1400 g/mol. The van der Waals surface area contributed by atoms with Gasteiger partial charge in [0.15, 0.2) is 43.5 Å². The number of alkyl halides is 1. The van der Waals surface area contributed by atoms with E-state index in [2.05, 4.69) is 52.8 Å². The van der Waals surface area contributed by atoms with Gasteiger partial charge in [-0.15, -0.1) is 45.3 Å². The number of carbonyl (C=O) groups is 8. The number of halogens is 1. The fourth-order valence-corrected chi connectivity index (χ4v) is 10.0. The number of esters is 2. The Morgan fingerprint density at radius 2 is 0.876 bits per heavy atom. The normalized spacial score (nSPS) is 12.0. The number of rotatable bonds is 17. The van der Waals surface area contributed by atoms with E-state index in [0.29, 0.717) is 51.7 Å². The molecule has 89 heavy (non-hydrogen) atoms. The first-order chi connectivity index (χ1) is 42.4. The van der Waals surface area contributed by atoms with Crippen LogP contribution in [-0.2, 0) is 23.8 Å². The number of likely N-dealkylation sites (N-methyl/N-ethyl adjacent to an activating group) is 2. The number of thiazole rings is 4. The fraction of sp³-hybridized carbons (Fsp3) is 0.273. The van der Waals surface area contributed by atoms with Gasteiger partial charge in [0, 0.05) is 102 Å². The number of benzene rings is 3. The summed E-state index contributed by atoms with van der Waals surface area (Å²) < 4.78 is 14.7. The molecule has 34 heteroatoms. The number of aromatic nitrogens is 4. The van der Waals surface area contributed by atoms with Gasteiger partial charge in [-0.2, -0.15) is 10.0 Å². The zero-order valence-electron chi connectivity index (χ0n) is 49.4. The maximum Gasteiger partial charge on any atom is 0.346 e. The molecule has 7 aromatic rings. The minimum Gasteiger partial charge on any atom is -0.386 e. The molecule has 0 radical (unpaired) electrons. The molecule has 474 valence electrons. The summed E-state index contributed by atoms with van der Waals surface area (Å²) in [7, 11) is 10.1. The van der Waals surface area contributed by atoms with Crippen LogP contribution >= 0.6 is 85.7 Å². The van der Waals surface area contributed by atoms with E-state index >= 15 is 0 Å². The number of nitrogens with two attached hydrogens (primary N) is 4. The van der Waals surface area contributed by atoms with Gasteiger partial charge in [-0.3, -0.25) is 48.8 Å². The molecule has 3 aromatic carbocycles. The molecule has 4 amide bonds. The summed E-state index contributed by atoms with van der Waals surface area (Å²) in [5, 5.41) is 18.7.